The first kappa shape index (κ1) is 38.5. The summed E-state index contributed by atoms with van der Waals surface area (Å²) in [4.78, 5) is 26.4. The predicted molar refractivity (Wildman–Crippen MR) is 181 cm³/mol. The average molecular weight is 650 g/mol. The van der Waals surface area contributed by atoms with Crippen molar-refractivity contribution in [3.8, 4) is 0 Å². The van der Waals surface area contributed by atoms with E-state index >= 15 is 0 Å². The SMILES string of the molecule is CO[C@H]([C@@H](C)[C@H]1O[C@]1(C)C[C@H](C)/C=C/C=C(\C)[C@H]1OC(CNC(=O)CCCCCOC(=O)N2CCCNCC2)CC[C@@H]1C)[C@@H](C)O. The Morgan fingerprint density at radius 2 is 1.93 bits per heavy atom. The molecule has 10 nitrogen and oxygen atoms in total. The van der Waals surface area contributed by atoms with E-state index in [-0.39, 0.29) is 47.9 Å². The first-order valence-electron chi connectivity index (χ1n) is 17.7. The van der Waals surface area contributed by atoms with Crippen LogP contribution in [0, 0.1) is 17.8 Å². The minimum atomic E-state index is -0.535. The number of unbranched alkanes of at least 4 members (excludes halogenated alkanes) is 2. The van der Waals surface area contributed by atoms with Crippen molar-refractivity contribution in [3.63, 3.8) is 0 Å². The largest absolute Gasteiger partial charge is 0.449 e. The normalized spacial score (nSPS) is 29.9. The molecule has 0 aromatic heterocycles. The zero-order valence-corrected chi connectivity index (χ0v) is 29.6. The van der Waals surface area contributed by atoms with Crippen LogP contribution in [0.1, 0.15) is 92.9 Å². The van der Waals surface area contributed by atoms with E-state index in [9.17, 15) is 14.7 Å². The lowest BCUT2D eigenvalue weighted by Gasteiger charge is -2.35. The number of hydrogen-bond donors (Lipinski definition) is 3. The Bertz CT molecular complexity index is 996. The molecule has 264 valence electrons. The van der Waals surface area contributed by atoms with Gasteiger partial charge >= 0.3 is 6.09 Å². The highest BCUT2D eigenvalue weighted by molar-refractivity contribution is 5.75. The number of amides is 2. The summed E-state index contributed by atoms with van der Waals surface area (Å²) in [7, 11) is 1.64. The molecule has 9 atom stereocenters. The molecule has 3 saturated heterocycles. The molecule has 46 heavy (non-hydrogen) atoms. The molecule has 0 aromatic rings. The number of methoxy groups -OCH3 is 1. The number of ether oxygens (including phenoxy) is 4. The molecule has 3 aliphatic rings. The van der Waals surface area contributed by atoms with Crippen LogP contribution in [0.5, 0.6) is 0 Å². The van der Waals surface area contributed by atoms with Gasteiger partial charge in [0.15, 0.2) is 0 Å². The highest BCUT2D eigenvalue weighted by Crippen LogP contribution is 2.47. The number of carbonyl (C=O) groups is 2. The van der Waals surface area contributed by atoms with Crippen LogP contribution in [0.3, 0.4) is 0 Å². The number of aliphatic hydroxyl groups is 1. The number of allylic oxidation sites excluding steroid dienone is 3. The molecular weight excluding hydrogens is 586 g/mol. The molecule has 2 amide bonds. The lowest BCUT2D eigenvalue weighted by molar-refractivity contribution is -0.123. The molecule has 3 N–H and O–H groups in total. The number of carbonyl (C=O) groups excluding carboxylic acids is 2. The van der Waals surface area contributed by atoms with Crippen LogP contribution in [0.2, 0.25) is 0 Å². The maximum atomic E-state index is 12.5. The van der Waals surface area contributed by atoms with Crippen molar-refractivity contribution < 1.29 is 33.6 Å². The molecule has 0 spiro atoms. The summed E-state index contributed by atoms with van der Waals surface area (Å²) in [6, 6.07) is 0. The Labute approximate surface area is 278 Å². The minimum Gasteiger partial charge on any atom is -0.449 e. The molecule has 0 aliphatic carbocycles. The van der Waals surface area contributed by atoms with Gasteiger partial charge in [-0.3, -0.25) is 4.79 Å². The summed E-state index contributed by atoms with van der Waals surface area (Å²) in [5.41, 5.74) is 0.992. The number of aliphatic hydroxyl groups excluding tert-OH is 1. The van der Waals surface area contributed by atoms with E-state index in [1.165, 1.54) is 5.57 Å². The van der Waals surface area contributed by atoms with Gasteiger partial charge in [-0.1, -0.05) is 39.0 Å². The monoisotopic (exact) mass is 649 g/mol. The topological polar surface area (TPSA) is 122 Å². The molecule has 3 fully saturated rings. The number of nitrogens with one attached hydrogen (secondary N) is 2. The van der Waals surface area contributed by atoms with Crippen molar-refractivity contribution in [2.75, 3.05) is 46.4 Å². The Balaban J connectivity index is 1.32. The number of epoxide rings is 1. The lowest BCUT2D eigenvalue weighted by atomic mass is 9.85. The van der Waals surface area contributed by atoms with E-state index in [4.69, 9.17) is 18.9 Å². The van der Waals surface area contributed by atoms with Crippen molar-refractivity contribution in [1.29, 1.82) is 0 Å². The number of rotatable bonds is 17. The summed E-state index contributed by atoms with van der Waals surface area (Å²) >= 11 is 0. The average Bonchev–Trinajstić information content (AvgIpc) is 3.75. The molecule has 0 bridgehead atoms. The maximum Gasteiger partial charge on any atom is 0.409 e. The second-order valence-corrected chi connectivity index (χ2v) is 14.2. The highest BCUT2D eigenvalue weighted by atomic mass is 16.6. The zero-order chi connectivity index (χ0) is 33.7. The van der Waals surface area contributed by atoms with Crippen molar-refractivity contribution in [1.82, 2.24) is 15.5 Å². The summed E-state index contributed by atoms with van der Waals surface area (Å²) in [5, 5.41) is 16.4. The molecule has 3 heterocycles. The van der Waals surface area contributed by atoms with Gasteiger partial charge in [0.2, 0.25) is 5.91 Å². The van der Waals surface area contributed by atoms with Gasteiger partial charge in [-0.25, -0.2) is 4.79 Å². The Morgan fingerprint density at radius 1 is 1.15 bits per heavy atom. The van der Waals surface area contributed by atoms with Crippen molar-refractivity contribution in [2.24, 2.45) is 17.8 Å². The highest BCUT2D eigenvalue weighted by Gasteiger charge is 2.56. The van der Waals surface area contributed by atoms with E-state index in [0.717, 1.165) is 64.6 Å². The second kappa shape index (κ2) is 19.1. The molecule has 0 radical (unpaired) electrons. The molecular formula is C36H63N3O7. The molecule has 0 saturated carbocycles. The van der Waals surface area contributed by atoms with Crippen LogP contribution in [0.15, 0.2) is 23.8 Å². The van der Waals surface area contributed by atoms with E-state index in [1.807, 2.05) is 0 Å². The van der Waals surface area contributed by atoms with Gasteiger partial charge in [-0.05, 0) is 89.7 Å². The fourth-order valence-electron chi connectivity index (χ4n) is 7.18. The summed E-state index contributed by atoms with van der Waals surface area (Å²) in [6.45, 7) is 16.7. The van der Waals surface area contributed by atoms with Gasteiger partial charge in [0, 0.05) is 45.6 Å². The first-order valence-corrected chi connectivity index (χ1v) is 17.7. The van der Waals surface area contributed by atoms with Crippen molar-refractivity contribution in [2.45, 2.75) is 129 Å². The van der Waals surface area contributed by atoms with Crippen LogP contribution in [0.25, 0.3) is 0 Å². The fourth-order valence-corrected chi connectivity index (χ4v) is 7.18. The Kier molecular flexibility index (Phi) is 16.0. The van der Waals surface area contributed by atoms with E-state index in [2.05, 4.69) is 63.5 Å². The van der Waals surface area contributed by atoms with Crippen LogP contribution >= 0.6 is 0 Å². The molecule has 3 aliphatic heterocycles. The van der Waals surface area contributed by atoms with Crippen LogP contribution in [0.4, 0.5) is 4.79 Å². The van der Waals surface area contributed by atoms with Crippen molar-refractivity contribution >= 4 is 12.0 Å². The van der Waals surface area contributed by atoms with Gasteiger partial charge in [0.1, 0.15) is 0 Å². The van der Waals surface area contributed by atoms with Crippen LogP contribution in [-0.4, -0.2) is 105 Å². The molecule has 1 unspecified atom stereocenters. The summed E-state index contributed by atoms with van der Waals surface area (Å²) in [5.74, 6) is 0.920. The smallest absolute Gasteiger partial charge is 0.409 e. The lowest BCUT2D eigenvalue weighted by Crippen LogP contribution is -2.41. The van der Waals surface area contributed by atoms with Crippen molar-refractivity contribution in [3.05, 3.63) is 23.8 Å². The maximum absolute atomic E-state index is 12.5. The summed E-state index contributed by atoms with van der Waals surface area (Å²) in [6.07, 6.45) is 12.3. The quantitative estimate of drug-likeness (QED) is 0.114. The third-order valence-corrected chi connectivity index (χ3v) is 9.86. The fraction of sp³-hybridized carbons (Fsp3) is 0.833. The zero-order valence-electron chi connectivity index (χ0n) is 29.6. The number of nitrogens with zero attached hydrogens (tertiary/aromatic N) is 1. The van der Waals surface area contributed by atoms with Crippen LogP contribution < -0.4 is 10.6 Å². The van der Waals surface area contributed by atoms with E-state index in [1.54, 1.807) is 18.9 Å². The minimum absolute atomic E-state index is 0.00783. The Hall–Kier alpha value is -1.98. The third kappa shape index (κ3) is 12.2. The van der Waals surface area contributed by atoms with Crippen LogP contribution in [-0.2, 0) is 23.7 Å². The molecule has 0 aromatic carbocycles. The Morgan fingerprint density at radius 3 is 2.67 bits per heavy atom. The molecule has 10 heteroatoms. The first-order chi connectivity index (χ1) is 21.9. The van der Waals surface area contributed by atoms with Gasteiger partial charge in [-0.2, -0.15) is 0 Å². The van der Waals surface area contributed by atoms with Gasteiger partial charge in [0.25, 0.3) is 0 Å². The summed E-state index contributed by atoms with van der Waals surface area (Å²) < 4.78 is 23.5. The predicted octanol–water partition coefficient (Wildman–Crippen LogP) is 5.00. The van der Waals surface area contributed by atoms with Gasteiger partial charge in [0.05, 0.1) is 42.7 Å². The van der Waals surface area contributed by atoms with E-state index < -0.39 is 6.10 Å². The second-order valence-electron chi connectivity index (χ2n) is 14.2. The van der Waals surface area contributed by atoms with Gasteiger partial charge < -0.3 is 39.6 Å². The van der Waals surface area contributed by atoms with E-state index in [0.29, 0.717) is 38.0 Å². The number of hydrogen-bond acceptors (Lipinski definition) is 8. The standard InChI is InChI=1S/C36H63N3O7/c1-25(23-36(6)34(46-36)28(4)33(43-7)29(5)40)13-11-14-26(2)32-27(3)16-17-30(45-32)24-38-31(41)15-9-8-10-22-44-35(42)39-20-12-18-37-19-21-39/h11,13-14,25,27-30,32-34,37,40H,8-10,12,15-24H2,1-7H3,(H,38,41)/b13-11+,26-14+/t25-,27+,28-,29-,30?,32-,33-,34-,36-/m1/s1. The molecule has 3 rings (SSSR count). The van der Waals surface area contributed by atoms with Gasteiger partial charge in [-0.15, -0.1) is 0 Å². The third-order valence-electron chi connectivity index (χ3n) is 9.86.